The van der Waals surface area contributed by atoms with Gasteiger partial charge >= 0.3 is 0 Å². The van der Waals surface area contributed by atoms with Gasteiger partial charge in [0.05, 0.1) is 10.6 Å². The van der Waals surface area contributed by atoms with E-state index in [1.165, 1.54) is 61.9 Å². The number of hydrogen-bond acceptors (Lipinski definition) is 3. The molecule has 4 saturated carbocycles. The summed E-state index contributed by atoms with van der Waals surface area (Å²) in [5, 5.41) is 3.36. The van der Waals surface area contributed by atoms with Gasteiger partial charge in [-0.3, -0.25) is 9.10 Å². The molecule has 0 unspecified atom stereocenters. The third kappa shape index (κ3) is 4.96. The first-order valence-electron chi connectivity index (χ1n) is 13.5. The molecule has 5 nitrogen and oxygen atoms in total. The zero-order valence-electron chi connectivity index (χ0n) is 21.5. The van der Waals surface area contributed by atoms with E-state index in [4.69, 9.17) is 11.6 Å². The van der Waals surface area contributed by atoms with Gasteiger partial charge in [-0.05, 0) is 128 Å². The second kappa shape index (κ2) is 10.0. The van der Waals surface area contributed by atoms with Crippen LogP contribution in [-0.2, 0) is 14.8 Å². The number of carbonyl (C=O) groups excluding carboxylic acids is 1. The Morgan fingerprint density at radius 1 is 0.895 bits per heavy atom. The van der Waals surface area contributed by atoms with Gasteiger partial charge in [0.25, 0.3) is 10.0 Å². The molecule has 0 heterocycles. The fraction of sp³-hybridized carbons (Fsp3) is 0.387. The topological polar surface area (TPSA) is 66.5 Å². The number of nitrogens with zero attached hydrogens (tertiary/aromatic N) is 1. The van der Waals surface area contributed by atoms with Crippen molar-refractivity contribution in [2.45, 2.75) is 49.8 Å². The van der Waals surface area contributed by atoms with E-state index in [-0.39, 0.29) is 11.4 Å². The van der Waals surface area contributed by atoms with Crippen LogP contribution in [0.15, 0.2) is 77.7 Å². The minimum Gasteiger partial charge on any atom is -0.325 e. The van der Waals surface area contributed by atoms with Gasteiger partial charge in [-0.2, -0.15) is 0 Å². The molecule has 0 radical (unpaired) electrons. The molecule has 0 atom stereocenters. The van der Waals surface area contributed by atoms with Gasteiger partial charge in [-0.15, -0.1) is 0 Å². The lowest BCUT2D eigenvalue weighted by molar-refractivity contribution is -0.114. The van der Waals surface area contributed by atoms with Crippen LogP contribution < -0.4 is 9.62 Å². The number of sulfonamides is 1. The number of benzene rings is 3. The third-order valence-electron chi connectivity index (χ3n) is 8.78. The van der Waals surface area contributed by atoms with Crippen LogP contribution in [0.25, 0.3) is 0 Å². The van der Waals surface area contributed by atoms with Gasteiger partial charge < -0.3 is 5.32 Å². The highest BCUT2D eigenvalue weighted by Gasteiger charge is 2.48. The molecular weight excluding hydrogens is 516 g/mol. The molecule has 198 valence electrons. The van der Waals surface area contributed by atoms with Crippen molar-refractivity contribution in [3.8, 4) is 0 Å². The van der Waals surface area contributed by atoms with Crippen molar-refractivity contribution in [3.05, 3.63) is 88.9 Å². The lowest BCUT2D eigenvalue weighted by atomic mass is 9.51. The summed E-state index contributed by atoms with van der Waals surface area (Å²) in [6.07, 6.45) is 6.91. The first-order chi connectivity index (χ1) is 18.3. The zero-order chi connectivity index (χ0) is 26.4. The molecule has 4 fully saturated rings. The molecule has 4 bridgehead atoms. The summed E-state index contributed by atoms with van der Waals surface area (Å²) in [4.78, 5) is 13.2. The Balaban J connectivity index is 1.19. The summed E-state index contributed by atoms with van der Waals surface area (Å²) in [5.74, 6) is 3.71. The Kier molecular flexibility index (Phi) is 6.73. The number of rotatable bonds is 7. The SMILES string of the molecule is Cc1cccc(N(CC(=O)Nc2ccc(C3C4CC5CC(C4)CC3C5)cc2)S(=O)(=O)c2ccc(Cl)cc2)c1. The van der Waals surface area contributed by atoms with Crippen molar-refractivity contribution in [2.75, 3.05) is 16.2 Å². The molecule has 7 heteroatoms. The number of anilines is 2. The van der Waals surface area contributed by atoms with E-state index in [0.29, 0.717) is 22.3 Å². The first-order valence-corrected chi connectivity index (χ1v) is 15.3. The molecule has 1 N–H and O–H groups in total. The Bertz CT molecular complexity index is 1410. The average molecular weight is 549 g/mol. The van der Waals surface area contributed by atoms with Gasteiger partial charge in [0, 0.05) is 10.7 Å². The number of nitrogens with one attached hydrogen (secondary N) is 1. The normalized spacial score (nSPS) is 25.8. The predicted octanol–water partition coefficient (Wildman–Crippen LogP) is 7.02. The maximum atomic E-state index is 13.6. The van der Waals surface area contributed by atoms with Crippen molar-refractivity contribution in [3.63, 3.8) is 0 Å². The van der Waals surface area contributed by atoms with Gasteiger partial charge in [0.15, 0.2) is 0 Å². The monoisotopic (exact) mass is 548 g/mol. The maximum Gasteiger partial charge on any atom is 0.264 e. The zero-order valence-corrected chi connectivity index (χ0v) is 23.1. The van der Waals surface area contributed by atoms with E-state index in [0.717, 1.165) is 33.5 Å². The van der Waals surface area contributed by atoms with Gasteiger partial charge in [-0.25, -0.2) is 8.42 Å². The fourth-order valence-electron chi connectivity index (χ4n) is 7.42. The van der Waals surface area contributed by atoms with E-state index in [9.17, 15) is 13.2 Å². The smallest absolute Gasteiger partial charge is 0.264 e. The Hall–Kier alpha value is -2.83. The number of hydrogen-bond donors (Lipinski definition) is 1. The molecule has 0 spiro atoms. The standard InChI is InChI=1S/C31H33ClN2O3S/c1-20-3-2-4-28(13-20)34(38(36,37)29-11-7-26(32)8-12-29)19-30(35)33-27-9-5-23(6-10-27)31-24-15-21-14-22(17-24)18-25(31)16-21/h2-13,21-22,24-25,31H,14-19H2,1H3,(H,33,35). The second-order valence-corrected chi connectivity index (χ2v) is 13.7. The summed E-state index contributed by atoms with van der Waals surface area (Å²) in [5.41, 5.74) is 3.39. The Morgan fingerprint density at radius 3 is 2.13 bits per heavy atom. The molecule has 0 saturated heterocycles. The van der Waals surface area contributed by atoms with Gasteiger partial charge in [-0.1, -0.05) is 35.9 Å². The van der Waals surface area contributed by atoms with Crippen molar-refractivity contribution < 1.29 is 13.2 Å². The molecule has 4 aliphatic carbocycles. The molecule has 38 heavy (non-hydrogen) atoms. The van der Waals surface area contributed by atoms with Crippen LogP contribution in [0.5, 0.6) is 0 Å². The molecule has 1 amide bonds. The lowest BCUT2D eigenvalue weighted by Crippen LogP contribution is -2.43. The fourth-order valence-corrected chi connectivity index (χ4v) is 8.96. The van der Waals surface area contributed by atoms with Crippen LogP contribution in [0, 0.1) is 30.6 Å². The van der Waals surface area contributed by atoms with Crippen molar-refractivity contribution in [2.24, 2.45) is 23.7 Å². The number of carbonyl (C=O) groups is 1. The first kappa shape index (κ1) is 25.4. The van der Waals surface area contributed by atoms with Crippen LogP contribution in [0.4, 0.5) is 11.4 Å². The molecule has 4 aliphatic rings. The molecule has 3 aromatic rings. The Morgan fingerprint density at radius 2 is 1.53 bits per heavy atom. The van der Waals surface area contributed by atoms with E-state index in [2.05, 4.69) is 17.4 Å². The second-order valence-electron chi connectivity index (χ2n) is 11.4. The quantitative estimate of drug-likeness (QED) is 0.345. The number of halogens is 1. The molecule has 0 aromatic heterocycles. The van der Waals surface area contributed by atoms with E-state index < -0.39 is 15.9 Å². The lowest BCUT2D eigenvalue weighted by Gasteiger charge is -2.54. The summed E-state index contributed by atoms with van der Waals surface area (Å²) < 4.78 is 28.3. The number of aryl methyl sites for hydroxylation is 1. The van der Waals surface area contributed by atoms with E-state index in [1.54, 1.807) is 18.2 Å². The van der Waals surface area contributed by atoms with Crippen molar-refractivity contribution in [1.82, 2.24) is 0 Å². The molecule has 0 aliphatic heterocycles. The van der Waals surface area contributed by atoms with Crippen LogP contribution >= 0.6 is 11.6 Å². The highest BCUT2D eigenvalue weighted by molar-refractivity contribution is 7.92. The summed E-state index contributed by atoms with van der Waals surface area (Å²) in [7, 11) is -3.99. The maximum absolute atomic E-state index is 13.6. The van der Waals surface area contributed by atoms with Crippen LogP contribution in [0.2, 0.25) is 5.02 Å². The number of amides is 1. The predicted molar refractivity (Wildman–Crippen MR) is 152 cm³/mol. The van der Waals surface area contributed by atoms with E-state index >= 15 is 0 Å². The van der Waals surface area contributed by atoms with Crippen LogP contribution in [0.3, 0.4) is 0 Å². The average Bonchev–Trinajstić information content (AvgIpc) is 2.88. The highest BCUT2D eigenvalue weighted by Crippen LogP contribution is 2.59. The summed E-state index contributed by atoms with van der Waals surface area (Å²) >= 11 is 5.98. The molecule has 7 rings (SSSR count). The summed E-state index contributed by atoms with van der Waals surface area (Å²) in [6, 6.07) is 21.4. The summed E-state index contributed by atoms with van der Waals surface area (Å²) in [6.45, 7) is 1.55. The molecule has 3 aromatic carbocycles. The Labute approximate surface area is 230 Å². The largest absolute Gasteiger partial charge is 0.325 e. The van der Waals surface area contributed by atoms with Crippen molar-refractivity contribution in [1.29, 1.82) is 0 Å². The van der Waals surface area contributed by atoms with E-state index in [1.807, 2.05) is 25.1 Å². The van der Waals surface area contributed by atoms with Crippen LogP contribution in [-0.4, -0.2) is 20.9 Å². The van der Waals surface area contributed by atoms with Gasteiger partial charge in [0.2, 0.25) is 5.91 Å². The minimum atomic E-state index is -3.99. The van der Waals surface area contributed by atoms with Gasteiger partial charge in [0.1, 0.15) is 6.54 Å². The highest BCUT2D eigenvalue weighted by atomic mass is 35.5. The van der Waals surface area contributed by atoms with Crippen LogP contribution in [0.1, 0.15) is 49.1 Å². The molecular formula is C31H33ClN2O3S. The third-order valence-corrected chi connectivity index (χ3v) is 10.8. The minimum absolute atomic E-state index is 0.0798. The van der Waals surface area contributed by atoms with Crippen molar-refractivity contribution >= 4 is 38.9 Å².